The molecular weight excluding hydrogens is 226 g/mol. The number of hydrogen-bond donors (Lipinski definition) is 2. The first-order valence-electron chi connectivity index (χ1n) is 6.27. The van der Waals surface area contributed by atoms with Crippen molar-refractivity contribution in [1.82, 2.24) is 4.98 Å². The standard InChI is InChI=1S/C14H17N3O/c1-18-12-7-3-6-10-8-11(17-15)13(16-14(10)12)9-4-2-5-9/h3,6-9,17H,2,4-5,15H2,1H3. The number of anilines is 1. The highest BCUT2D eigenvalue weighted by Crippen LogP contribution is 2.40. The molecule has 94 valence electrons. The molecule has 0 saturated heterocycles. The number of hydrazine groups is 1. The average molecular weight is 243 g/mol. The molecule has 0 spiro atoms. The Kier molecular flexibility index (Phi) is 2.80. The van der Waals surface area contributed by atoms with E-state index in [-0.39, 0.29) is 0 Å². The van der Waals surface area contributed by atoms with E-state index in [4.69, 9.17) is 15.6 Å². The minimum atomic E-state index is 0.533. The van der Waals surface area contributed by atoms with Gasteiger partial charge in [0.1, 0.15) is 11.3 Å². The number of methoxy groups -OCH3 is 1. The van der Waals surface area contributed by atoms with E-state index in [9.17, 15) is 0 Å². The maximum Gasteiger partial charge on any atom is 0.145 e. The van der Waals surface area contributed by atoms with Crippen LogP contribution in [-0.2, 0) is 0 Å². The summed E-state index contributed by atoms with van der Waals surface area (Å²) in [7, 11) is 1.68. The van der Waals surface area contributed by atoms with Crippen molar-refractivity contribution in [2.75, 3.05) is 12.5 Å². The van der Waals surface area contributed by atoms with Crippen LogP contribution in [0.2, 0.25) is 0 Å². The van der Waals surface area contributed by atoms with Crippen LogP contribution in [0.1, 0.15) is 30.9 Å². The Balaban J connectivity index is 2.20. The first-order valence-corrected chi connectivity index (χ1v) is 6.27. The smallest absolute Gasteiger partial charge is 0.145 e. The number of pyridine rings is 1. The number of aromatic nitrogens is 1. The number of hydrogen-bond acceptors (Lipinski definition) is 4. The highest BCUT2D eigenvalue weighted by atomic mass is 16.5. The number of nitrogens with two attached hydrogens (primary N) is 1. The van der Waals surface area contributed by atoms with Gasteiger partial charge in [0.05, 0.1) is 18.5 Å². The van der Waals surface area contributed by atoms with Gasteiger partial charge in [-0.15, -0.1) is 0 Å². The molecule has 1 fully saturated rings. The Morgan fingerprint density at radius 3 is 2.83 bits per heavy atom. The maximum atomic E-state index is 5.61. The lowest BCUT2D eigenvalue weighted by atomic mass is 9.82. The molecular formula is C14H17N3O. The topological polar surface area (TPSA) is 60.2 Å². The predicted octanol–water partition coefficient (Wildman–Crippen LogP) is 2.80. The van der Waals surface area contributed by atoms with Gasteiger partial charge >= 0.3 is 0 Å². The Hall–Kier alpha value is -1.81. The number of rotatable bonds is 3. The predicted molar refractivity (Wildman–Crippen MR) is 72.7 cm³/mol. The van der Waals surface area contributed by atoms with E-state index >= 15 is 0 Å². The average Bonchev–Trinajstić information content (AvgIpc) is 2.35. The molecule has 1 aromatic carbocycles. The van der Waals surface area contributed by atoms with Crippen molar-refractivity contribution in [3.05, 3.63) is 30.0 Å². The summed E-state index contributed by atoms with van der Waals surface area (Å²) in [6.07, 6.45) is 3.67. The lowest BCUT2D eigenvalue weighted by Gasteiger charge is -2.27. The first-order chi connectivity index (χ1) is 8.83. The summed E-state index contributed by atoms with van der Waals surface area (Å²) in [4.78, 5) is 4.77. The van der Waals surface area contributed by atoms with Crippen LogP contribution in [0.5, 0.6) is 5.75 Å². The first kappa shape index (κ1) is 11.3. The third-order valence-electron chi connectivity index (χ3n) is 3.71. The van der Waals surface area contributed by atoms with E-state index in [1.165, 1.54) is 19.3 Å². The zero-order valence-corrected chi connectivity index (χ0v) is 10.4. The molecule has 4 nitrogen and oxygen atoms in total. The number of nitrogens with zero attached hydrogens (tertiary/aromatic N) is 1. The van der Waals surface area contributed by atoms with Gasteiger partial charge in [-0.3, -0.25) is 5.84 Å². The van der Waals surface area contributed by atoms with Gasteiger partial charge in [-0.2, -0.15) is 0 Å². The third kappa shape index (κ3) is 1.69. The van der Waals surface area contributed by atoms with E-state index in [1.54, 1.807) is 7.11 Å². The Bertz CT molecular complexity index is 579. The molecule has 1 aromatic heterocycles. The van der Waals surface area contributed by atoms with E-state index in [1.807, 2.05) is 18.2 Å². The van der Waals surface area contributed by atoms with Crippen LogP contribution in [0.15, 0.2) is 24.3 Å². The van der Waals surface area contributed by atoms with Gasteiger partial charge in [-0.25, -0.2) is 4.98 Å². The minimum absolute atomic E-state index is 0.533. The van der Waals surface area contributed by atoms with Crippen LogP contribution in [0, 0.1) is 0 Å². The molecule has 1 aliphatic rings. The van der Waals surface area contributed by atoms with Gasteiger partial charge in [0.25, 0.3) is 0 Å². The highest BCUT2D eigenvalue weighted by molar-refractivity contribution is 5.87. The van der Waals surface area contributed by atoms with Crippen molar-refractivity contribution >= 4 is 16.6 Å². The van der Waals surface area contributed by atoms with Crippen LogP contribution in [0.3, 0.4) is 0 Å². The normalized spacial score (nSPS) is 15.4. The summed E-state index contributed by atoms with van der Waals surface area (Å²) in [5.41, 5.74) is 5.69. The van der Waals surface area contributed by atoms with Crippen molar-refractivity contribution in [2.45, 2.75) is 25.2 Å². The largest absolute Gasteiger partial charge is 0.494 e. The molecule has 0 radical (unpaired) electrons. The van der Waals surface area contributed by atoms with E-state index in [0.717, 1.165) is 28.0 Å². The molecule has 1 heterocycles. The second-order valence-corrected chi connectivity index (χ2v) is 4.73. The fourth-order valence-corrected chi connectivity index (χ4v) is 2.46. The second-order valence-electron chi connectivity index (χ2n) is 4.73. The Morgan fingerprint density at radius 1 is 1.39 bits per heavy atom. The molecule has 3 rings (SSSR count). The van der Waals surface area contributed by atoms with E-state index in [0.29, 0.717) is 5.92 Å². The fourth-order valence-electron chi connectivity index (χ4n) is 2.46. The SMILES string of the molecule is COc1cccc2cc(NN)c(C3CCC3)nc12. The third-order valence-corrected chi connectivity index (χ3v) is 3.71. The van der Waals surface area contributed by atoms with Gasteiger partial charge in [-0.1, -0.05) is 18.6 Å². The van der Waals surface area contributed by atoms with Crippen LogP contribution >= 0.6 is 0 Å². The van der Waals surface area contributed by atoms with Gasteiger partial charge in [0, 0.05) is 11.3 Å². The maximum absolute atomic E-state index is 5.61. The zero-order valence-electron chi connectivity index (χ0n) is 10.4. The molecule has 0 amide bonds. The van der Waals surface area contributed by atoms with Crippen molar-refractivity contribution in [3.8, 4) is 5.75 Å². The summed E-state index contributed by atoms with van der Waals surface area (Å²) >= 11 is 0. The molecule has 0 aliphatic heterocycles. The van der Waals surface area contributed by atoms with E-state index in [2.05, 4.69) is 11.5 Å². The molecule has 18 heavy (non-hydrogen) atoms. The number of ether oxygens (including phenoxy) is 1. The van der Waals surface area contributed by atoms with Crippen LogP contribution in [0.25, 0.3) is 10.9 Å². The van der Waals surface area contributed by atoms with Crippen molar-refractivity contribution in [3.63, 3.8) is 0 Å². The quantitative estimate of drug-likeness (QED) is 0.643. The van der Waals surface area contributed by atoms with Crippen molar-refractivity contribution in [1.29, 1.82) is 0 Å². The fraction of sp³-hybridized carbons (Fsp3) is 0.357. The lowest BCUT2D eigenvalue weighted by Crippen LogP contribution is -2.17. The summed E-state index contributed by atoms with van der Waals surface area (Å²) in [6.45, 7) is 0. The molecule has 0 unspecified atom stereocenters. The Labute approximate surface area is 106 Å². The molecule has 1 aliphatic carbocycles. The van der Waals surface area contributed by atoms with E-state index < -0.39 is 0 Å². The van der Waals surface area contributed by atoms with Gasteiger partial charge in [0.15, 0.2) is 0 Å². The summed E-state index contributed by atoms with van der Waals surface area (Å²) in [5.74, 6) is 6.96. The lowest BCUT2D eigenvalue weighted by molar-refractivity contribution is 0.409. The summed E-state index contributed by atoms with van der Waals surface area (Å²) in [6, 6.07) is 7.98. The summed E-state index contributed by atoms with van der Waals surface area (Å²) < 4.78 is 5.37. The summed E-state index contributed by atoms with van der Waals surface area (Å²) in [5, 5.41) is 1.05. The molecule has 0 bridgehead atoms. The molecule has 4 heteroatoms. The molecule has 1 saturated carbocycles. The Morgan fingerprint density at radius 2 is 2.22 bits per heavy atom. The van der Waals surface area contributed by atoms with Crippen LogP contribution in [0.4, 0.5) is 5.69 Å². The number of para-hydroxylation sites is 1. The molecule has 0 atom stereocenters. The monoisotopic (exact) mass is 243 g/mol. The molecule has 3 N–H and O–H groups in total. The minimum Gasteiger partial charge on any atom is -0.494 e. The second kappa shape index (κ2) is 4.46. The van der Waals surface area contributed by atoms with Crippen LogP contribution < -0.4 is 16.0 Å². The number of fused-ring (bicyclic) bond motifs is 1. The number of nitrogens with one attached hydrogen (secondary N) is 1. The number of benzene rings is 1. The van der Waals surface area contributed by atoms with Crippen molar-refractivity contribution in [2.24, 2.45) is 5.84 Å². The highest BCUT2D eigenvalue weighted by Gasteiger charge is 2.24. The van der Waals surface area contributed by atoms with Crippen LogP contribution in [-0.4, -0.2) is 12.1 Å². The number of nitrogen functional groups attached to an aromatic ring is 1. The molecule has 2 aromatic rings. The van der Waals surface area contributed by atoms with Crippen molar-refractivity contribution < 1.29 is 4.74 Å². The zero-order chi connectivity index (χ0) is 12.5. The van der Waals surface area contributed by atoms with Gasteiger partial charge < -0.3 is 10.2 Å². The van der Waals surface area contributed by atoms with Gasteiger partial charge in [-0.05, 0) is 25.0 Å². The van der Waals surface area contributed by atoms with Gasteiger partial charge in [0.2, 0.25) is 0 Å².